The largest absolute Gasteiger partial charge is 0.433 e. The van der Waals surface area contributed by atoms with Crippen molar-refractivity contribution in [3.05, 3.63) is 18.0 Å². The van der Waals surface area contributed by atoms with E-state index in [-0.39, 0.29) is 11.4 Å². The SMILES string of the molecule is CN(CC(C)(C)CN)c1nccc(C(F)(F)F)n1. The fourth-order valence-electron chi connectivity index (χ4n) is 1.47. The summed E-state index contributed by atoms with van der Waals surface area (Å²) < 4.78 is 37.5. The van der Waals surface area contributed by atoms with Gasteiger partial charge < -0.3 is 10.6 Å². The lowest BCUT2D eigenvalue weighted by molar-refractivity contribution is -0.141. The number of nitrogens with two attached hydrogens (primary N) is 1. The van der Waals surface area contributed by atoms with Crippen LogP contribution in [0.1, 0.15) is 19.5 Å². The van der Waals surface area contributed by atoms with Gasteiger partial charge in [0.05, 0.1) is 0 Å². The van der Waals surface area contributed by atoms with Crippen molar-refractivity contribution in [3.63, 3.8) is 0 Å². The summed E-state index contributed by atoms with van der Waals surface area (Å²) in [6.07, 6.45) is -3.35. The molecule has 0 aromatic carbocycles. The maximum atomic E-state index is 12.5. The Labute approximate surface area is 104 Å². The summed E-state index contributed by atoms with van der Waals surface area (Å²) in [6, 6.07) is 0.853. The van der Waals surface area contributed by atoms with Gasteiger partial charge in [0.15, 0.2) is 0 Å². The molecule has 0 atom stereocenters. The van der Waals surface area contributed by atoms with Gasteiger partial charge in [-0.3, -0.25) is 0 Å². The van der Waals surface area contributed by atoms with Crippen LogP contribution in [0.2, 0.25) is 0 Å². The molecule has 2 N–H and O–H groups in total. The van der Waals surface area contributed by atoms with Crippen molar-refractivity contribution < 1.29 is 13.2 Å². The van der Waals surface area contributed by atoms with Crippen LogP contribution in [0.25, 0.3) is 0 Å². The van der Waals surface area contributed by atoms with Gasteiger partial charge in [0.2, 0.25) is 5.95 Å². The average Bonchev–Trinajstić information content (AvgIpc) is 2.27. The van der Waals surface area contributed by atoms with E-state index in [9.17, 15) is 13.2 Å². The van der Waals surface area contributed by atoms with Crippen LogP contribution in [0.15, 0.2) is 12.3 Å². The molecule has 0 bridgehead atoms. The van der Waals surface area contributed by atoms with Crippen LogP contribution < -0.4 is 10.6 Å². The molecule has 1 rings (SSSR count). The third-order valence-corrected chi connectivity index (χ3v) is 2.49. The lowest BCUT2D eigenvalue weighted by Gasteiger charge is -2.29. The highest BCUT2D eigenvalue weighted by Gasteiger charge is 2.33. The number of halogens is 3. The van der Waals surface area contributed by atoms with E-state index >= 15 is 0 Å². The zero-order valence-corrected chi connectivity index (χ0v) is 10.6. The van der Waals surface area contributed by atoms with Crippen LogP contribution in [0.3, 0.4) is 0 Å². The third-order valence-electron chi connectivity index (χ3n) is 2.49. The number of nitrogens with zero attached hydrogens (tertiary/aromatic N) is 3. The topological polar surface area (TPSA) is 55.0 Å². The smallest absolute Gasteiger partial charge is 0.343 e. The van der Waals surface area contributed by atoms with Crippen molar-refractivity contribution in [3.8, 4) is 0 Å². The molecule has 0 aliphatic rings. The van der Waals surface area contributed by atoms with Crippen LogP contribution >= 0.6 is 0 Å². The van der Waals surface area contributed by atoms with Gasteiger partial charge in [0, 0.05) is 19.8 Å². The molecule has 0 aliphatic carbocycles. The number of rotatable bonds is 4. The quantitative estimate of drug-likeness (QED) is 0.900. The first-order valence-corrected chi connectivity index (χ1v) is 5.47. The van der Waals surface area contributed by atoms with E-state index in [1.807, 2.05) is 13.8 Å². The summed E-state index contributed by atoms with van der Waals surface area (Å²) >= 11 is 0. The highest BCUT2D eigenvalue weighted by molar-refractivity contribution is 5.30. The van der Waals surface area contributed by atoms with Crippen molar-refractivity contribution in [2.45, 2.75) is 20.0 Å². The molecule has 7 heteroatoms. The molecule has 0 aliphatic heterocycles. The van der Waals surface area contributed by atoms with E-state index in [1.165, 1.54) is 0 Å². The molecule has 1 heterocycles. The Balaban J connectivity index is 2.90. The number of hydrogen-bond donors (Lipinski definition) is 1. The minimum atomic E-state index is -4.46. The first-order chi connectivity index (χ1) is 8.15. The highest BCUT2D eigenvalue weighted by Crippen LogP contribution is 2.28. The summed E-state index contributed by atoms with van der Waals surface area (Å²) in [4.78, 5) is 8.93. The Hall–Kier alpha value is -1.37. The highest BCUT2D eigenvalue weighted by atomic mass is 19.4. The Morgan fingerprint density at radius 2 is 1.94 bits per heavy atom. The maximum Gasteiger partial charge on any atom is 0.433 e. The molecule has 4 nitrogen and oxygen atoms in total. The molecule has 0 saturated heterocycles. The molecule has 0 amide bonds. The zero-order valence-electron chi connectivity index (χ0n) is 10.6. The Morgan fingerprint density at radius 3 is 2.44 bits per heavy atom. The maximum absolute atomic E-state index is 12.5. The molecule has 0 unspecified atom stereocenters. The Bertz CT molecular complexity index is 404. The van der Waals surface area contributed by atoms with Gasteiger partial charge in [0.1, 0.15) is 5.69 Å². The van der Waals surface area contributed by atoms with Crippen LogP contribution in [0, 0.1) is 5.41 Å². The summed E-state index contributed by atoms with van der Waals surface area (Å²) in [5.41, 5.74) is 4.43. The van der Waals surface area contributed by atoms with E-state index in [4.69, 9.17) is 5.73 Å². The summed E-state index contributed by atoms with van der Waals surface area (Å²) in [7, 11) is 1.65. The standard InChI is InChI=1S/C11H17F3N4/c1-10(2,6-15)7-18(3)9-16-5-4-8(17-9)11(12,13)14/h4-5H,6-7,15H2,1-3H3. The van der Waals surface area contributed by atoms with Crippen LogP contribution in [-0.4, -0.2) is 30.1 Å². The minimum absolute atomic E-state index is 0.0475. The second kappa shape index (κ2) is 5.09. The van der Waals surface area contributed by atoms with Gasteiger partial charge in [-0.25, -0.2) is 9.97 Å². The molecule has 1 aromatic rings. The molecule has 102 valence electrons. The van der Waals surface area contributed by atoms with Gasteiger partial charge in [-0.15, -0.1) is 0 Å². The van der Waals surface area contributed by atoms with Crippen molar-refractivity contribution in [2.24, 2.45) is 11.1 Å². The van der Waals surface area contributed by atoms with E-state index < -0.39 is 11.9 Å². The predicted octanol–water partition coefficient (Wildman–Crippen LogP) is 1.92. The average molecular weight is 262 g/mol. The van der Waals surface area contributed by atoms with E-state index in [0.29, 0.717) is 13.1 Å². The van der Waals surface area contributed by atoms with Crippen LogP contribution in [0.4, 0.5) is 19.1 Å². The van der Waals surface area contributed by atoms with Crippen LogP contribution in [0.5, 0.6) is 0 Å². The van der Waals surface area contributed by atoms with Gasteiger partial charge in [-0.1, -0.05) is 13.8 Å². The Morgan fingerprint density at radius 1 is 1.33 bits per heavy atom. The first-order valence-electron chi connectivity index (χ1n) is 5.47. The van der Waals surface area contributed by atoms with Gasteiger partial charge in [-0.05, 0) is 18.0 Å². The number of alkyl halides is 3. The lowest BCUT2D eigenvalue weighted by Crippen LogP contribution is -2.37. The monoisotopic (exact) mass is 262 g/mol. The Kier molecular flexibility index (Phi) is 4.16. The molecule has 18 heavy (non-hydrogen) atoms. The second-order valence-corrected chi connectivity index (χ2v) is 4.96. The van der Waals surface area contributed by atoms with Crippen LogP contribution in [-0.2, 0) is 6.18 Å². The molecular weight excluding hydrogens is 245 g/mol. The number of aromatic nitrogens is 2. The minimum Gasteiger partial charge on any atom is -0.343 e. The molecule has 1 aromatic heterocycles. The molecule has 0 saturated carbocycles. The zero-order chi connectivity index (χ0) is 14.0. The fourth-order valence-corrected chi connectivity index (χ4v) is 1.47. The number of anilines is 1. The first kappa shape index (κ1) is 14.7. The second-order valence-electron chi connectivity index (χ2n) is 4.96. The third kappa shape index (κ3) is 3.83. The van der Waals surface area contributed by atoms with Crippen molar-refractivity contribution in [2.75, 3.05) is 25.0 Å². The van der Waals surface area contributed by atoms with E-state index in [2.05, 4.69) is 9.97 Å². The summed E-state index contributed by atoms with van der Waals surface area (Å²) in [5.74, 6) is 0.0475. The van der Waals surface area contributed by atoms with Crippen molar-refractivity contribution in [1.82, 2.24) is 9.97 Å². The van der Waals surface area contributed by atoms with Gasteiger partial charge in [-0.2, -0.15) is 13.2 Å². The van der Waals surface area contributed by atoms with E-state index in [0.717, 1.165) is 12.3 Å². The molecule has 0 spiro atoms. The molecule has 0 fully saturated rings. The van der Waals surface area contributed by atoms with Crippen molar-refractivity contribution >= 4 is 5.95 Å². The van der Waals surface area contributed by atoms with Gasteiger partial charge >= 0.3 is 6.18 Å². The molecule has 0 radical (unpaired) electrons. The van der Waals surface area contributed by atoms with Gasteiger partial charge in [0.25, 0.3) is 0 Å². The van der Waals surface area contributed by atoms with E-state index in [1.54, 1.807) is 11.9 Å². The number of hydrogen-bond acceptors (Lipinski definition) is 4. The normalized spacial score (nSPS) is 12.6. The summed E-state index contributed by atoms with van der Waals surface area (Å²) in [5, 5.41) is 0. The molecular formula is C11H17F3N4. The fraction of sp³-hybridized carbons (Fsp3) is 0.636. The lowest BCUT2D eigenvalue weighted by atomic mass is 9.93. The summed E-state index contributed by atoms with van der Waals surface area (Å²) in [6.45, 7) is 4.76. The predicted molar refractivity (Wildman–Crippen MR) is 63.1 cm³/mol. The van der Waals surface area contributed by atoms with Crippen molar-refractivity contribution in [1.29, 1.82) is 0 Å².